The predicted molar refractivity (Wildman–Crippen MR) is 118 cm³/mol. The van der Waals surface area contributed by atoms with Crippen molar-refractivity contribution in [3.8, 4) is 11.5 Å². The molecule has 3 heterocycles. The number of halogens is 1. The van der Waals surface area contributed by atoms with Gasteiger partial charge in [0.05, 0.1) is 0 Å². The molecule has 4 rings (SSSR count). The van der Waals surface area contributed by atoms with Crippen LogP contribution in [0.3, 0.4) is 0 Å². The van der Waals surface area contributed by atoms with Crippen LogP contribution in [0.5, 0.6) is 11.5 Å². The van der Waals surface area contributed by atoms with Gasteiger partial charge in [-0.15, -0.1) is 0 Å². The number of hydrogen-bond acceptors (Lipinski definition) is 6. The number of rotatable bonds is 4. The fraction of sp³-hybridized carbons (Fsp3) is 0.450. The molecule has 2 N–H and O–H groups in total. The van der Waals surface area contributed by atoms with Crippen molar-refractivity contribution in [3.63, 3.8) is 0 Å². The lowest BCUT2D eigenvalue weighted by atomic mass is 9.92. The van der Waals surface area contributed by atoms with E-state index in [2.05, 4.69) is 39.3 Å². The minimum absolute atomic E-state index is 0.259. The van der Waals surface area contributed by atoms with E-state index >= 15 is 0 Å². The Labute approximate surface area is 180 Å². The van der Waals surface area contributed by atoms with Crippen LogP contribution in [-0.2, 0) is 6.54 Å². The molecule has 9 heteroatoms. The number of thiocarbonyl (C=S) groups is 1. The largest absolute Gasteiger partial charge is 0.454 e. The zero-order valence-corrected chi connectivity index (χ0v) is 18.0. The summed E-state index contributed by atoms with van der Waals surface area (Å²) < 4.78 is 10.7. The van der Waals surface area contributed by atoms with E-state index in [1.807, 2.05) is 18.2 Å². The Morgan fingerprint density at radius 2 is 1.93 bits per heavy atom. The molecule has 1 aromatic carbocycles. The topological polar surface area (TPSA) is 71.5 Å². The van der Waals surface area contributed by atoms with Gasteiger partial charge >= 0.3 is 0 Å². The van der Waals surface area contributed by atoms with Crippen molar-refractivity contribution in [3.05, 3.63) is 35.0 Å². The van der Waals surface area contributed by atoms with Crippen molar-refractivity contribution >= 4 is 40.7 Å². The smallest absolute Gasteiger partial charge is 0.232 e. The standard InChI is InChI=1S/C20H24ClN5O2S/c1-12-5-13(2)10-26(9-12)18-7-17(21)23-19(24-18)25-20(29)22-8-14-3-4-15-16(6-14)28-11-27-15/h3-4,6-7,12-13H,5,8-11H2,1-2H3,(H2,22,23,24,25,29)/t12-,13+. The molecule has 2 aliphatic heterocycles. The van der Waals surface area contributed by atoms with Gasteiger partial charge in [-0.25, -0.2) is 4.98 Å². The quantitative estimate of drug-likeness (QED) is 0.556. The number of nitrogens with zero attached hydrogens (tertiary/aromatic N) is 3. The van der Waals surface area contributed by atoms with Gasteiger partial charge in [-0.1, -0.05) is 31.5 Å². The summed E-state index contributed by atoms with van der Waals surface area (Å²) in [6, 6.07) is 7.60. The zero-order chi connectivity index (χ0) is 20.4. The van der Waals surface area contributed by atoms with E-state index in [1.54, 1.807) is 6.07 Å². The first-order valence-electron chi connectivity index (χ1n) is 9.69. The van der Waals surface area contributed by atoms with E-state index in [0.717, 1.165) is 36.0 Å². The van der Waals surface area contributed by atoms with Gasteiger partial charge in [0, 0.05) is 25.7 Å². The summed E-state index contributed by atoms with van der Waals surface area (Å²) in [6.45, 7) is 7.25. The van der Waals surface area contributed by atoms with Crippen molar-refractivity contribution in [2.75, 3.05) is 30.1 Å². The summed E-state index contributed by atoms with van der Waals surface area (Å²) >= 11 is 11.6. The van der Waals surface area contributed by atoms with E-state index < -0.39 is 0 Å². The summed E-state index contributed by atoms with van der Waals surface area (Å²) in [4.78, 5) is 11.1. The van der Waals surface area contributed by atoms with Crippen LogP contribution in [0.25, 0.3) is 0 Å². The average Bonchev–Trinajstić information content (AvgIpc) is 3.13. The molecule has 1 fully saturated rings. The Morgan fingerprint density at radius 3 is 2.72 bits per heavy atom. The molecule has 0 unspecified atom stereocenters. The fourth-order valence-corrected chi connectivity index (χ4v) is 4.19. The van der Waals surface area contributed by atoms with Crippen molar-refractivity contribution in [2.45, 2.75) is 26.8 Å². The van der Waals surface area contributed by atoms with Gasteiger partial charge in [-0.2, -0.15) is 4.98 Å². The first-order valence-corrected chi connectivity index (χ1v) is 10.5. The van der Waals surface area contributed by atoms with Crippen LogP contribution >= 0.6 is 23.8 Å². The molecule has 0 aliphatic carbocycles. The second-order valence-corrected chi connectivity index (χ2v) is 8.51. The highest BCUT2D eigenvalue weighted by molar-refractivity contribution is 7.80. The number of hydrogen-bond donors (Lipinski definition) is 2. The molecular formula is C20H24ClN5O2S. The Balaban J connectivity index is 1.38. The molecule has 29 heavy (non-hydrogen) atoms. The molecule has 154 valence electrons. The van der Waals surface area contributed by atoms with E-state index in [1.165, 1.54) is 6.42 Å². The highest BCUT2D eigenvalue weighted by Gasteiger charge is 2.23. The van der Waals surface area contributed by atoms with E-state index in [0.29, 0.717) is 34.6 Å². The number of piperidine rings is 1. The van der Waals surface area contributed by atoms with Crippen molar-refractivity contribution in [1.82, 2.24) is 15.3 Å². The third-order valence-electron chi connectivity index (χ3n) is 4.99. The summed E-state index contributed by atoms with van der Waals surface area (Å²) in [5.74, 6) is 3.96. The van der Waals surface area contributed by atoms with Crippen LogP contribution in [0.1, 0.15) is 25.8 Å². The second kappa shape index (κ2) is 8.59. The van der Waals surface area contributed by atoms with Crippen LogP contribution in [0, 0.1) is 11.8 Å². The summed E-state index contributed by atoms with van der Waals surface area (Å²) in [5.41, 5.74) is 1.03. The van der Waals surface area contributed by atoms with Gasteiger partial charge in [-0.3, -0.25) is 0 Å². The molecule has 1 aromatic heterocycles. The van der Waals surface area contributed by atoms with Gasteiger partial charge in [0.15, 0.2) is 16.6 Å². The summed E-state index contributed by atoms with van der Waals surface area (Å²) in [5, 5.41) is 7.01. The number of fused-ring (bicyclic) bond motifs is 1. The van der Waals surface area contributed by atoms with Gasteiger partial charge in [0.1, 0.15) is 11.0 Å². The average molecular weight is 434 g/mol. The first-order chi connectivity index (χ1) is 14.0. The van der Waals surface area contributed by atoms with Crippen molar-refractivity contribution in [1.29, 1.82) is 0 Å². The molecule has 7 nitrogen and oxygen atoms in total. The number of ether oxygens (including phenoxy) is 2. The first kappa shape index (κ1) is 20.0. The van der Waals surface area contributed by atoms with Gasteiger partial charge in [-0.05, 0) is 48.2 Å². The molecule has 2 atom stereocenters. The van der Waals surface area contributed by atoms with Gasteiger partial charge in [0.25, 0.3) is 0 Å². The van der Waals surface area contributed by atoms with Gasteiger partial charge in [0.2, 0.25) is 12.7 Å². The molecule has 0 amide bonds. The molecule has 0 radical (unpaired) electrons. The maximum Gasteiger partial charge on any atom is 0.232 e. The molecule has 2 aromatic rings. The van der Waals surface area contributed by atoms with Crippen LogP contribution in [0.4, 0.5) is 11.8 Å². The SMILES string of the molecule is C[C@@H]1C[C@H](C)CN(c2cc(Cl)nc(NC(=S)NCc3ccc4c(c3)OCO4)n2)C1. The molecule has 1 saturated heterocycles. The second-order valence-electron chi connectivity index (χ2n) is 7.72. The predicted octanol–water partition coefficient (Wildman–Crippen LogP) is 3.83. The Bertz CT molecular complexity index is 902. The fourth-order valence-electron chi connectivity index (χ4n) is 3.85. The normalized spacial score (nSPS) is 20.4. The van der Waals surface area contributed by atoms with Crippen LogP contribution in [0.2, 0.25) is 5.15 Å². The highest BCUT2D eigenvalue weighted by Crippen LogP contribution is 2.32. The van der Waals surface area contributed by atoms with Gasteiger partial charge < -0.3 is 25.0 Å². The van der Waals surface area contributed by atoms with E-state index in [-0.39, 0.29) is 6.79 Å². The van der Waals surface area contributed by atoms with E-state index in [9.17, 15) is 0 Å². The number of benzene rings is 1. The molecule has 2 aliphatic rings. The molecule has 0 spiro atoms. The monoisotopic (exact) mass is 433 g/mol. The van der Waals surface area contributed by atoms with E-state index in [4.69, 9.17) is 33.3 Å². The Hall–Kier alpha value is -2.32. The number of nitrogens with one attached hydrogen (secondary N) is 2. The maximum absolute atomic E-state index is 6.25. The van der Waals surface area contributed by atoms with Crippen LogP contribution < -0.4 is 25.0 Å². The minimum atomic E-state index is 0.259. The summed E-state index contributed by atoms with van der Waals surface area (Å²) in [6.07, 6.45) is 1.23. The summed E-state index contributed by atoms with van der Waals surface area (Å²) in [7, 11) is 0. The molecular weight excluding hydrogens is 410 g/mol. The van der Waals surface area contributed by atoms with Crippen LogP contribution in [0.15, 0.2) is 24.3 Å². The number of aromatic nitrogens is 2. The Kier molecular flexibility index (Phi) is 5.91. The lowest BCUT2D eigenvalue weighted by Crippen LogP contribution is -2.39. The maximum atomic E-state index is 6.25. The third kappa shape index (κ3) is 5.00. The lowest BCUT2D eigenvalue weighted by Gasteiger charge is -2.35. The Morgan fingerprint density at radius 1 is 1.17 bits per heavy atom. The van der Waals surface area contributed by atoms with Crippen molar-refractivity contribution < 1.29 is 9.47 Å². The minimum Gasteiger partial charge on any atom is -0.454 e. The van der Waals surface area contributed by atoms with Crippen molar-refractivity contribution in [2.24, 2.45) is 11.8 Å². The highest BCUT2D eigenvalue weighted by atomic mass is 35.5. The number of anilines is 2. The molecule has 0 bridgehead atoms. The third-order valence-corrected chi connectivity index (χ3v) is 5.43. The van der Waals surface area contributed by atoms with Crippen LogP contribution in [-0.4, -0.2) is 35.0 Å². The lowest BCUT2D eigenvalue weighted by molar-refractivity contribution is 0.174. The zero-order valence-electron chi connectivity index (χ0n) is 16.4. The molecule has 0 saturated carbocycles.